The first-order valence-electron chi connectivity index (χ1n) is 8.61. The van der Waals surface area contributed by atoms with E-state index in [1.54, 1.807) is 23.1 Å². The molecule has 0 spiro atoms. The van der Waals surface area contributed by atoms with Gasteiger partial charge in [0.25, 0.3) is 5.91 Å². The Kier molecular flexibility index (Phi) is 5.80. The van der Waals surface area contributed by atoms with Crippen LogP contribution in [-0.2, 0) is 25.5 Å². The van der Waals surface area contributed by atoms with Crippen LogP contribution >= 0.6 is 0 Å². The van der Waals surface area contributed by atoms with Gasteiger partial charge in [0.1, 0.15) is 5.82 Å². The number of halogens is 1. The molecule has 2 aromatic carbocycles. The third-order valence-electron chi connectivity index (χ3n) is 4.14. The molecule has 1 heterocycles. The third kappa shape index (κ3) is 5.13. The minimum atomic E-state index is -0.576. The summed E-state index contributed by atoms with van der Waals surface area (Å²) in [5, 5.41) is 2.64. The second-order valence-corrected chi connectivity index (χ2v) is 6.21. The van der Waals surface area contributed by atoms with Gasteiger partial charge in [-0.1, -0.05) is 18.2 Å². The standard InChI is InChI=1S/C20H19FN2O4/c21-15-8-6-14(7-9-15)11-20(26)27-13-18(24)22-16-3-1-4-17(12-16)23-10-2-5-19(23)25/h1,3-4,6-9,12H,2,5,10-11,13H2,(H,22,24). The Hall–Kier alpha value is -3.22. The average Bonchev–Trinajstić information content (AvgIpc) is 3.08. The topological polar surface area (TPSA) is 75.7 Å². The Labute approximate surface area is 155 Å². The van der Waals surface area contributed by atoms with Gasteiger partial charge in [-0.25, -0.2) is 4.39 Å². The summed E-state index contributed by atoms with van der Waals surface area (Å²) >= 11 is 0. The lowest BCUT2D eigenvalue weighted by Gasteiger charge is -2.16. The number of nitrogens with one attached hydrogen (secondary N) is 1. The number of rotatable bonds is 6. The van der Waals surface area contributed by atoms with Crippen LogP contribution in [0, 0.1) is 5.82 Å². The van der Waals surface area contributed by atoms with Crippen LogP contribution < -0.4 is 10.2 Å². The highest BCUT2D eigenvalue weighted by atomic mass is 19.1. The molecule has 6 nitrogen and oxygen atoms in total. The van der Waals surface area contributed by atoms with E-state index in [0.717, 1.165) is 12.1 Å². The average molecular weight is 370 g/mol. The van der Waals surface area contributed by atoms with Crippen molar-refractivity contribution in [1.82, 2.24) is 0 Å². The molecule has 1 fully saturated rings. The van der Waals surface area contributed by atoms with Gasteiger partial charge in [0.05, 0.1) is 6.42 Å². The number of ether oxygens (including phenoxy) is 1. The number of hydrogen-bond acceptors (Lipinski definition) is 4. The van der Waals surface area contributed by atoms with Gasteiger partial charge in [-0.15, -0.1) is 0 Å². The Morgan fingerprint density at radius 3 is 2.63 bits per heavy atom. The number of hydrogen-bond donors (Lipinski definition) is 1. The Balaban J connectivity index is 1.49. The number of anilines is 2. The zero-order chi connectivity index (χ0) is 19.2. The normalized spacial score (nSPS) is 13.5. The van der Waals surface area contributed by atoms with Crippen molar-refractivity contribution in [3.8, 4) is 0 Å². The van der Waals surface area contributed by atoms with Crippen LogP contribution in [0.25, 0.3) is 0 Å². The number of nitrogens with zero attached hydrogens (tertiary/aromatic N) is 1. The first-order chi connectivity index (χ1) is 13.0. The molecule has 0 aliphatic carbocycles. The molecule has 0 aromatic heterocycles. The number of esters is 1. The molecule has 2 aromatic rings. The van der Waals surface area contributed by atoms with Gasteiger partial charge in [-0.2, -0.15) is 0 Å². The minimum Gasteiger partial charge on any atom is -0.455 e. The molecule has 140 valence electrons. The van der Waals surface area contributed by atoms with Crippen LogP contribution in [0.2, 0.25) is 0 Å². The molecular formula is C20H19FN2O4. The van der Waals surface area contributed by atoms with Gasteiger partial charge in [0.15, 0.2) is 6.61 Å². The predicted molar refractivity (Wildman–Crippen MR) is 97.7 cm³/mol. The smallest absolute Gasteiger partial charge is 0.310 e. The molecule has 0 radical (unpaired) electrons. The number of amides is 2. The van der Waals surface area contributed by atoms with Crippen molar-refractivity contribution in [3.63, 3.8) is 0 Å². The van der Waals surface area contributed by atoms with Crippen LogP contribution in [-0.4, -0.2) is 30.9 Å². The van der Waals surface area contributed by atoms with E-state index in [9.17, 15) is 18.8 Å². The highest BCUT2D eigenvalue weighted by Crippen LogP contribution is 2.24. The lowest BCUT2D eigenvalue weighted by molar-refractivity contribution is -0.146. The molecule has 1 saturated heterocycles. The summed E-state index contributed by atoms with van der Waals surface area (Å²) in [6.45, 7) is 0.240. The Morgan fingerprint density at radius 2 is 1.93 bits per heavy atom. The molecule has 0 saturated carbocycles. The van der Waals surface area contributed by atoms with Crippen LogP contribution in [0.3, 0.4) is 0 Å². The van der Waals surface area contributed by atoms with E-state index in [4.69, 9.17) is 4.74 Å². The molecule has 3 rings (SSSR count). The molecule has 0 atom stereocenters. The van der Waals surface area contributed by atoms with Gasteiger partial charge in [-0.05, 0) is 42.3 Å². The summed E-state index contributed by atoms with van der Waals surface area (Å²) in [4.78, 5) is 37.3. The predicted octanol–water partition coefficient (Wildman–Crippen LogP) is 2.68. The van der Waals surface area contributed by atoms with E-state index < -0.39 is 18.5 Å². The van der Waals surface area contributed by atoms with Crippen molar-refractivity contribution in [1.29, 1.82) is 0 Å². The maximum absolute atomic E-state index is 12.8. The molecular weight excluding hydrogens is 351 g/mol. The molecule has 1 N–H and O–H groups in total. The van der Waals surface area contributed by atoms with E-state index in [1.807, 2.05) is 6.07 Å². The highest BCUT2D eigenvalue weighted by Gasteiger charge is 2.21. The van der Waals surface area contributed by atoms with Gasteiger partial charge >= 0.3 is 5.97 Å². The van der Waals surface area contributed by atoms with E-state index in [-0.39, 0.29) is 18.1 Å². The highest BCUT2D eigenvalue weighted by molar-refractivity contribution is 5.97. The second kappa shape index (κ2) is 8.44. The van der Waals surface area contributed by atoms with Crippen molar-refractivity contribution < 1.29 is 23.5 Å². The summed E-state index contributed by atoms with van der Waals surface area (Å²) in [6, 6.07) is 12.5. The van der Waals surface area contributed by atoms with E-state index in [2.05, 4.69) is 5.32 Å². The van der Waals surface area contributed by atoms with E-state index in [0.29, 0.717) is 24.2 Å². The largest absolute Gasteiger partial charge is 0.455 e. The summed E-state index contributed by atoms with van der Waals surface area (Å²) < 4.78 is 17.8. The Morgan fingerprint density at radius 1 is 1.15 bits per heavy atom. The number of carbonyl (C=O) groups excluding carboxylic acids is 3. The summed E-state index contributed by atoms with van der Waals surface area (Å²) in [5.74, 6) is -1.38. The fourth-order valence-electron chi connectivity index (χ4n) is 2.84. The van der Waals surface area contributed by atoms with E-state index >= 15 is 0 Å². The summed E-state index contributed by atoms with van der Waals surface area (Å²) in [7, 11) is 0. The Bertz CT molecular complexity index is 851. The maximum Gasteiger partial charge on any atom is 0.310 e. The lowest BCUT2D eigenvalue weighted by atomic mass is 10.1. The monoisotopic (exact) mass is 370 g/mol. The van der Waals surface area contributed by atoms with Gasteiger partial charge in [0.2, 0.25) is 5.91 Å². The van der Waals surface area contributed by atoms with Gasteiger partial charge in [0, 0.05) is 24.3 Å². The van der Waals surface area contributed by atoms with Crippen LogP contribution in [0.15, 0.2) is 48.5 Å². The minimum absolute atomic E-state index is 0.0416. The van der Waals surface area contributed by atoms with Crippen LogP contribution in [0.1, 0.15) is 18.4 Å². The first kappa shape index (κ1) is 18.6. The summed E-state index contributed by atoms with van der Waals surface area (Å²) in [6.07, 6.45) is 1.31. The quantitative estimate of drug-likeness (QED) is 0.794. The molecule has 0 unspecified atom stereocenters. The molecule has 0 bridgehead atoms. The van der Waals surface area contributed by atoms with Crippen molar-refractivity contribution in [2.45, 2.75) is 19.3 Å². The van der Waals surface area contributed by atoms with Crippen molar-refractivity contribution >= 4 is 29.2 Å². The first-order valence-corrected chi connectivity index (χ1v) is 8.61. The van der Waals surface area contributed by atoms with Crippen LogP contribution in [0.5, 0.6) is 0 Å². The SMILES string of the molecule is O=C(COC(=O)Cc1ccc(F)cc1)Nc1cccc(N2CCCC2=O)c1. The fraction of sp³-hybridized carbons (Fsp3) is 0.250. The second-order valence-electron chi connectivity index (χ2n) is 6.21. The lowest BCUT2D eigenvalue weighted by Crippen LogP contribution is -2.24. The van der Waals surface area contributed by atoms with Crippen molar-refractivity contribution in [2.75, 3.05) is 23.4 Å². The molecule has 7 heteroatoms. The number of benzene rings is 2. The molecule has 1 aliphatic heterocycles. The number of carbonyl (C=O) groups is 3. The summed E-state index contributed by atoms with van der Waals surface area (Å²) in [5.41, 5.74) is 1.85. The van der Waals surface area contributed by atoms with Gasteiger partial charge < -0.3 is 15.0 Å². The zero-order valence-corrected chi connectivity index (χ0v) is 14.6. The zero-order valence-electron chi connectivity index (χ0n) is 14.6. The van der Waals surface area contributed by atoms with Crippen LogP contribution in [0.4, 0.5) is 15.8 Å². The molecule has 2 amide bonds. The van der Waals surface area contributed by atoms with E-state index in [1.165, 1.54) is 24.3 Å². The van der Waals surface area contributed by atoms with Crippen molar-refractivity contribution in [3.05, 3.63) is 59.9 Å². The third-order valence-corrected chi connectivity index (χ3v) is 4.14. The van der Waals surface area contributed by atoms with Crippen molar-refractivity contribution in [2.24, 2.45) is 0 Å². The molecule has 1 aliphatic rings. The molecule has 27 heavy (non-hydrogen) atoms. The van der Waals surface area contributed by atoms with Gasteiger partial charge in [-0.3, -0.25) is 14.4 Å². The fourth-order valence-corrected chi connectivity index (χ4v) is 2.84. The maximum atomic E-state index is 12.8.